The highest BCUT2D eigenvalue weighted by molar-refractivity contribution is 9.10. The standard InChI is InChI=1S/C16H14BrFN2O/c17-13-6-5-12(18)7-11(13)8-14(20-19)16-9-10-3-1-2-4-15(10)21-16/h1-7,9,14,20H,8,19H2. The predicted molar refractivity (Wildman–Crippen MR) is 84.1 cm³/mol. The Kier molecular flexibility index (Phi) is 4.05. The Balaban J connectivity index is 1.92. The molecule has 3 nitrogen and oxygen atoms in total. The van der Waals surface area contributed by atoms with Gasteiger partial charge in [0.2, 0.25) is 0 Å². The van der Waals surface area contributed by atoms with Gasteiger partial charge >= 0.3 is 0 Å². The van der Waals surface area contributed by atoms with Crippen LogP contribution in [-0.4, -0.2) is 0 Å². The number of hydrogen-bond donors (Lipinski definition) is 2. The van der Waals surface area contributed by atoms with Crippen LogP contribution in [0.4, 0.5) is 4.39 Å². The second kappa shape index (κ2) is 5.97. The minimum Gasteiger partial charge on any atom is -0.459 e. The largest absolute Gasteiger partial charge is 0.459 e. The van der Waals surface area contributed by atoms with E-state index in [9.17, 15) is 4.39 Å². The Hall–Kier alpha value is -1.69. The van der Waals surface area contributed by atoms with Crippen molar-refractivity contribution in [2.45, 2.75) is 12.5 Å². The Morgan fingerprint density at radius 1 is 1.19 bits per heavy atom. The summed E-state index contributed by atoms with van der Waals surface area (Å²) in [7, 11) is 0. The monoisotopic (exact) mass is 348 g/mol. The molecule has 0 saturated carbocycles. The molecule has 1 aromatic heterocycles. The van der Waals surface area contributed by atoms with E-state index in [1.54, 1.807) is 6.07 Å². The molecule has 0 bridgehead atoms. The van der Waals surface area contributed by atoms with Gasteiger partial charge in [0.1, 0.15) is 17.2 Å². The van der Waals surface area contributed by atoms with Crippen molar-refractivity contribution in [2.75, 3.05) is 0 Å². The molecule has 0 spiro atoms. The molecule has 108 valence electrons. The molecule has 1 heterocycles. The Morgan fingerprint density at radius 2 is 2.00 bits per heavy atom. The van der Waals surface area contributed by atoms with Gasteiger partial charge in [0.25, 0.3) is 0 Å². The SMILES string of the molecule is NNC(Cc1cc(F)ccc1Br)c1cc2ccccc2o1. The van der Waals surface area contributed by atoms with Crippen molar-refractivity contribution in [3.63, 3.8) is 0 Å². The molecule has 5 heteroatoms. The van der Waals surface area contributed by atoms with Gasteiger partial charge < -0.3 is 4.42 Å². The van der Waals surface area contributed by atoms with Gasteiger partial charge in [0, 0.05) is 9.86 Å². The molecular weight excluding hydrogens is 335 g/mol. The van der Waals surface area contributed by atoms with Crippen LogP contribution in [0.2, 0.25) is 0 Å². The number of fused-ring (bicyclic) bond motifs is 1. The van der Waals surface area contributed by atoms with Crippen molar-refractivity contribution in [1.82, 2.24) is 5.43 Å². The summed E-state index contributed by atoms with van der Waals surface area (Å²) >= 11 is 3.43. The summed E-state index contributed by atoms with van der Waals surface area (Å²) in [5, 5.41) is 1.02. The number of rotatable bonds is 4. The van der Waals surface area contributed by atoms with Crippen molar-refractivity contribution in [1.29, 1.82) is 0 Å². The lowest BCUT2D eigenvalue weighted by Gasteiger charge is -2.14. The summed E-state index contributed by atoms with van der Waals surface area (Å²) < 4.78 is 20.0. The van der Waals surface area contributed by atoms with Crippen LogP contribution >= 0.6 is 15.9 Å². The lowest BCUT2D eigenvalue weighted by molar-refractivity contribution is 0.433. The van der Waals surface area contributed by atoms with Crippen LogP contribution in [-0.2, 0) is 6.42 Å². The van der Waals surface area contributed by atoms with E-state index in [2.05, 4.69) is 21.4 Å². The predicted octanol–water partition coefficient (Wildman–Crippen LogP) is 4.08. The minimum absolute atomic E-state index is 0.226. The number of benzene rings is 2. The topological polar surface area (TPSA) is 51.2 Å². The van der Waals surface area contributed by atoms with E-state index < -0.39 is 0 Å². The number of halogens is 2. The van der Waals surface area contributed by atoms with Crippen LogP contribution in [0.15, 0.2) is 57.4 Å². The molecule has 2 aromatic carbocycles. The van der Waals surface area contributed by atoms with Crippen molar-refractivity contribution in [3.8, 4) is 0 Å². The molecule has 3 aromatic rings. The van der Waals surface area contributed by atoms with Gasteiger partial charge in [-0.05, 0) is 42.3 Å². The molecule has 3 rings (SSSR count). The summed E-state index contributed by atoms with van der Waals surface area (Å²) in [6.45, 7) is 0. The molecule has 0 aliphatic rings. The minimum atomic E-state index is -0.270. The van der Waals surface area contributed by atoms with Gasteiger partial charge in [-0.2, -0.15) is 0 Å². The van der Waals surface area contributed by atoms with E-state index in [1.807, 2.05) is 30.3 Å². The fraction of sp³-hybridized carbons (Fsp3) is 0.125. The average Bonchev–Trinajstić information content (AvgIpc) is 2.91. The Bertz CT molecular complexity index is 739. The van der Waals surface area contributed by atoms with Crippen LogP contribution in [0.5, 0.6) is 0 Å². The van der Waals surface area contributed by atoms with Gasteiger partial charge in [-0.3, -0.25) is 5.84 Å². The van der Waals surface area contributed by atoms with Crippen LogP contribution in [0.1, 0.15) is 17.4 Å². The van der Waals surface area contributed by atoms with Gasteiger partial charge in [-0.25, -0.2) is 9.82 Å². The van der Waals surface area contributed by atoms with Crippen molar-refractivity contribution >= 4 is 26.9 Å². The third-order valence-corrected chi connectivity index (χ3v) is 4.19. The van der Waals surface area contributed by atoms with E-state index in [1.165, 1.54) is 12.1 Å². The fourth-order valence-corrected chi connectivity index (χ4v) is 2.74. The van der Waals surface area contributed by atoms with Crippen molar-refractivity contribution in [3.05, 3.63) is 70.1 Å². The van der Waals surface area contributed by atoms with Crippen LogP contribution in [0.25, 0.3) is 11.0 Å². The zero-order valence-electron chi connectivity index (χ0n) is 11.1. The zero-order chi connectivity index (χ0) is 14.8. The molecule has 0 radical (unpaired) electrons. The van der Waals surface area contributed by atoms with E-state index in [-0.39, 0.29) is 11.9 Å². The summed E-state index contributed by atoms with van der Waals surface area (Å²) in [6.07, 6.45) is 0.522. The summed E-state index contributed by atoms with van der Waals surface area (Å²) in [4.78, 5) is 0. The molecule has 3 N–H and O–H groups in total. The molecule has 0 saturated heterocycles. The van der Waals surface area contributed by atoms with Gasteiger partial charge in [-0.15, -0.1) is 0 Å². The molecule has 0 aliphatic carbocycles. The second-order valence-corrected chi connectivity index (χ2v) is 5.70. The molecule has 0 fully saturated rings. The first-order valence-corrected chi connectivity index (χ1v) is 7.35. The molecule has 1 unspecified atom stereocenters. The summed E-state index contributed by atoms with van der Waals surface area (Å²) in [5.41, 5.74) is 4.38. The van der Waals surface area contributed by atoms with Crippen LogP contribution < -0.4 is 11.3 Å². The smallest absolute Gasteiger partial charge is 0.134 e. The first-order chi connectivity index (χ1) is 10.2. The summed E-state index contributed by atoms with van der Waals surface area (Å²) in [6, 6.07) is 14.1. The third kappa shape index (κ3) is 3.00. The highest BCUT2D eigenvalue weighted by atomic mass is 79.9. The highest BCUT2D eigenvalue weighted by Crippen LogP contribution is 2.28. The number of para-hydroxylation sites is 1. The van der Waals surface area contributed by atoms with Gasteiger partial charge in [0.05, 0.1) is 6.04 Å². The van der Waals surface area contributed by atoms with Crippen molar-refractivity contribution < 1.29 is 8.81 Å². The zero-order valence-corrected chi connectivity index (χ0v) is 12.7. The Morgan fingerprint density at radius 3 is 2.76 bits per heavy atom. The average molecular weight is 349 g/mol. The molecule has 0 amide bonds. The lowest BCUT2D eigenvalue weighted by Crippen LogP contribution is -2.29. The number of nitrogens with two attached hydrogens (primary N) is 1. The molecular formula is C16H14BrFN2O. The highest BCUT2D eigenvalue weighted by Gasteiger charge is 2.17. The van der Waals surface area contributed by atoms with Gasteiger partial charge in [-0.1, -0.05) is 34.1 Å². The maximum absolute atomic E-state index is 13.4. The van der Waals surface area contributed by atoms with E-state index in [0.29, 0.717) is 6.42 Å². The van der Waals surface area contributed by atoms with Crippen LogP contribution in [0, 0.1) is 5.82 Å². The molecule has 0 aliphatic heterocycles. The molecule has 1 atom stereocenters. The van der Waals surface area contributed by atoms with E-state index >= 15 is 0 Å². The maximum Gasteiger partial charge on any atom is 0.134 e. The lowest BCUT2D eigenvalue weighted by atomic mass is 10.0. The van der Waals surface area contributed by atoms with E-state index in [0.717, 1.165) is 26.8 Å². The number of furan rings is 1. The maximum atomic E-state index is 13.4. The first kappa shape index (κ1) is 14.3. The quantitative estimate of drug-likeness (QED) is 0.551. The number of nitrogens with one attached hydrogen (secondary N) is 1. The van der Waals surface area contributed by atoms with Crippen molar-refractivity contribution in [2.24, 2.45) is 5.84 Å². The first-order valence-electron chi connectivity index (χ1n) is 6.56. The number of hydrazine groups is 1. The van der Waals surface area contributed by atoms with Gasteiger partial charge in [0.15, 0.2) is 0 Å². The normalized spacial score (nSPS) is 12.7. The third-order valence-electron chi connectivity index (χ3n) is 3.42. The second-order valence-electron chi connectivity index (χ2n) is 4.85. The fourth-order valence-electron chi connectivity index (χ4n) is 2.34. The Labute approximate surface area is 130 Å². The number of hydrogen-bond acceptors (Lipinski definition) is 3. The molecule has 21 heavy (non-hydrogen) atoms. The van der Waals surface area contributed by atoms with E-state index in [4.69, 9.17) is 10.3 Å². The summed E-state index contributed by atoms with van der Waals surface area (Å²) in [5.74, 6) is 6.11. The van der Waals surface area contributed by atoms with Crippen LogP contribution in [0.3, 0.4) is 0 Å².